The molecule has 2 N–H and O–H groups in total. The Morgan fingerprint density at radius 3 is 2.58 bits per heavy atom. The summed E-state index contributed by atoms with van der Waals surface area (Å²) in [6, 6.07) is 14.1. The Labute approximate surface area is 146 Å². The van der Waals surface area contributed by atoms with Gasteiger partial charge in [0.25, 0.3) is 0 Å². The van der Waals surface area contributed by atoms with E-state index < -0.39 is 6.10 Å². The summed E-state index contributed by atoms with van der Waals surface area (Å²) in [4.78, 5) is 2.42. The zero-order valence-electron chi connectivity index (χ0n) is 13.3. The number of halogens is 1. The molecule has 0 saturated carbocycles. The Kier molecular flexibility index (Phi) is 3.68. The maximum absolute atomic E-state index is 11.1. The van der Waals surface area contributed by atoms with E-state index in [4.69, 9.17) is 0 Å². The van der Waals surface area contributed by atoms with Gasteiger partial charge in [-0.15, -0.1) is 12.4 Å². The van der Waals surface area contributed by atoms with E-state index in [1.807, 2.05) is 18.2 Å². The van der Waals surface area contributed by atoms with Gasteiger partial charge in [-0.3, -0.25) is 4.90 Å². The topological polar surface area (TPSA) is 43.7 Å². The fourth-order valence-corrected chi connectivity index (χ4v) is 4.59. The van der Waals surface area contributed by atoms with Crippen LogP contribution in [0.25, 0.3) is 21.5 Å². The van der Waals surface area contributed by atoms with Crippen LogP contribution in [-0.2, 0) is 6.54 Å². The van der Waals surface area contributed by atoms with Gasteiger partial charge in [-0.05, 0) is 64.2 Å². The monoisotopic (exact) mass is 341 g/mol. The molecule has 2 heterocycles. The van der Waals surface area contributed by atoms with E-state index in [1.165, 1.54) is 10.9 Å². The first-order valence-corrected chi connectivity index (χ1v) is 8.32. The van der Waals surface area contributed by atoms with Crippen LogP contribution in [0.4, 0.5) is 0 Å². The highest BCUT2D eigenvalue weighted by molar-refractivity contribution is 6.11. The van der Waals surface area contributed by atoms with E-state index >= 15 is 0 Å². The zero-order valence-corrected chi connectivity index (χ0v) is 14.1. The molecule has 0 unspecified atom stereocenters. The second-order valence-corrected chi connectivity index (χ2v) is 6.79. The number of benzene rings is 3. The number of rotatable bonds is 0. The van der Waals surface area contributed by atoms with Crippen LogP contribution in [0.15, 0.2) is 42.5 Å². The van der Waals surface area contributed by atoms with Gasteiger partial charge in [-0.1, -0.05) is 30.3 Å². The number of fused-ring (bicyclic) bond motifs is 7. The minimum absolute atomic E-state index is 0. The molecule has 0 spiro atoms. The van der Waals surface area contributed by atoms with Gasteiger partial charge >= 0.3 is 0 Å². The fourth-order valence-electron chi connectivity index (χ4n) is 4.59. The molecular weight excluding hydrogens is 322 g/mol. The highest BCUT2D eigenvalue weighted by Crippen LogP contribution is 2.45. The first kappa shape index (κ1) is 15.7. The van der Waals surface area contributed by atoms with Gasteiger partial charge in [0.05, 0.1) is 6.10 Å². The van der Waals surface area contributed by atoms with Gasteiger partial charge in [-0.2, -0.15) is 0 Å². The summed E-state index contributed by atoms with van der Waals surface area (Å²) < 4.78 is 0. The van der Waals surface area contributed by atoms with Gasteiger partial charge in [-0.25, -0.2) is 0 Å². The predicted molar refractivity (Wildman–Crippen MR) is 98.8 cm³/mol. The molecule has 1 fully saturated rings. The number of hydrogen-bond acceptors (Lipinski definition) is 3. The summed E-state index contributed by atoms with van der Waals surface area (Å²) in [6.45, 7) is 1.98. The van der Waals surface area contributed by atoms with Crippen molar-refractivity contribution >= 4 is 34.0 Å². The number of aliphatic hydroxyl groups is 1. The smallest absolute Gasteiger partial charge is 0.116 e. The lowest BCUT2D eigenvalue weighted by Crippen LogP contribution is -2.39. The van der Waals surface area contributed by atoms with Crippen LogP contribution in [0.5, 0.6) is 5.75 Å². The van der Waals surface area contributed by atoms with E-state index in [0.29, 0.717) is 0 Å². The second-order valence-electron chi connectivity index (χ2n) is 6.79. The Bertz CT molecular complexity index is 940. The van der Waals surface area contributed by atoms with Gasteiger partial charge in [0.1, 0.15) is 5.75 Å². The lowest BCUT2D eigenvalue weighted by atomic mass is 9.83. The molecule has 0 aliphatic carbocycles. The van der Waals surface area contributed by atoms with Crippen LogP contribution in [-0.4, -0.2) is 27.7 Å². The second kappa shape index (κ2) is 5.62. The average molecular weight is 342 g/mol. The predicted octanol–water partition coefficient (Wildman–Crippen LogP) is 4.13. The van der Waals surface area contributed by atoms with Gasteiger partial charge in [0, 0.05) is 12.6 Å². The highest BCUT2D eigenvalue weighted by Gasteiger charge is 2.38. The van der Waals surface area contributed by atoms with Crippen molar-refractivity contribution in [2.45, 2.75) is 31.5 Å². The minimum atomic E-state index is -0.446. The highest BCUT2D eigenvalue weighted by atomic mass is 35.5. The molecule has 0 aromatic heterocycles. The standard InChI is InChI=1S/C20H19NO2.ClH/c22-12-7-8-15-16(10-12)13-4-1-2-5-14(13)17-11-21-9-3-6-18(21)20(23)19(15)17;/h1-2,4-5,7-8,10,18,20,22-23H,3,6,9,11H2;1H/t18-,20+;/m0./s1. The van der Waals surface area contributed by atoms with E-state index in [9.17, 15) is 10.2 Å². The van der Waals surface area contributed by atoms with Gasteiger partial charge < -0.3 is 10.2 Å². The van der Waals surface area contributed by atoms with E-state index in [1.54, 1.807) is 6.07 Å². The van der Waals surface area contributed by atoms with Crippen molar-refractivity contribution in [3.05, 3.63) is 53.6 Å². The molecule has 3 aromatic rings. The third-order valence-electron chi connectivity index (χ3n) is 5.60. The molecule has 3 nitrogen and oxygen atoms in total. The first-order chi connectivity index (χ1) is 11.2. The molecule has 2 aliphatic heterocycles. The molecule has 24 heavy (non-hydrogen) atoms. The van der Waals surface area contributed by atoms with Crippen molar-refractivity contribution in [2.24, 2.45) is 0 Å². The summed E-state index contributed by atoms with van der Waals surface area (Å²) >= 11 is 0. The Morgan fingerprint density at radius 1 is 0.958 bits per heavy atom. The summed E-state index contributed by atoms with van der Waals surface area (Å²) in [5.41, 5.74) is 2.33. The molecule has 5 rings (SSSR count). The Morgan fingerprint density at radius 2 is 1.75 bits per heavy atom. The van der Waals surface area contributed by atoms with Crippen molar-refractivity contribution in [1.82, 2.24) is 4.90 Å². The molecule has 2 aliphatic rings. The van der Waals surface area contributed by atoms with E-state index in [-0.39, 0.29) is 24.2 Å². The van der Waals surface area contributed by atoms with Gasteiger partial charge in [0.15, 0.2) is 0 Å². The number of hydrogen-bond donors (Lipinski definition) is 2. The lowest BCUT2D eigenvalue weighted by molar-refractivity contribution is 0.0552. The molecule has 4 heteroatoms. The SMILES string of the molecule is Cl.Oc1ccc2c3c(c4ccccc4c2c1)CN1CCC[C@H]1[C@H]3O. The third kappa shape index (κ3) is 2.05. The molecule has 1 saturated heterocycles. The number of phenols is 1. The van der Waals surface area contributed by atoms with Crippen LogP contribution < -0.4 is 0 Å². The van der Waals surface area contributed by atoms with Crippen molar-refractivity contribution in [2.75, 3.05) is 6.54 Å². The summed E-state index contributed by atoms with van der Waals surface area (Å²) in [5.74, 6) is 0.274. The first-order valence-electron chi connectivity index (χ1n) is 8.32. The molecule has 2 atom stereocenters. The quantitative estimate of drug-likeness (QED) is 0.604. The number of aliphatic hydroxyl groups excluding tert-OH is 1. The maximum atomic E-state index is 11.1. The van der Waals surface area contributed by atoms with Crippen molar-refractivity contribution < 1.29 is 10.2 Å². The molecule has 0 bridgehead atoms. The van der Waals surface area contributed by atoms with Crippen LogP contribution in [0.3, 0.4) is 0 Å². The van der Waals surface area contributed by atoms with Crippen molar-refractivity contribution in [3.8, 4) is 5.75 Å². The van der Waals surface area contributed by atoms with Crippen LogP contribution in [0.2, 0.25) is 0 Å². The van der Waals surface area contributed by atoms with Gasteiger partial charge in [0.2, 0.25) is 0 Å². The third-order valence-corrected chi connectivity index (χ3v) is 5.60. The van der Waals surface area contributed by atoms with Crippen molar-refractivity contribution in [1.29, 1.82) is 0 Å². The zero-order chi connectivity index (χ0) is 15.6. The van der Waals surface area contributed by atoms with Crippen molar-refractivity contribution in [3.63, 3.8) is 0 Å². The molecule has 0 amide bonds. The Hall–Kier alpha value is -1.81. The number of nitrogens with zero attached hydrogens (tertiary/aromatic N) is 1. The normalized spacial score (nSPS) is 23.0. The average Bonchev–Trinajstić information content (AvgIpc) is 3.04. The lowest BCUT2D eigenvalue weighted by Gasteiger charge is -2.37. The van der Waals surface area contributed by atoms with E-state index in [0.717, 1.165) is 47.7 Å². The van der Waals surface area contributed by atoms with Crippen LogP contribution >= 0.6 is 12.4 Å². The summed E-state index contributed by atoms with van der Waals surface area (Å²) in [5, 5.41) is 25.5. The summed E-state index contributed by atoms with van der Waals surface area (Å²) in [7, 11) is 0. The molecule has 0 radical (unpaired) electrons. The molecular formula is C20H20ClNO2. The Balaban J connectivity index is 0.00000146. The largest absolute Gasteiger partial charge is 0.508 e. The fraction of sp³-hybridized carbons (Fsp3) is 0.300. The van der Waals surface area contributed by atoms with Crippen LogP contribution in [0, 0.1) is 0 Å². The van der Waals surface area contributed by atoms with E-state index in [2.05, 4.69) is 23.1 Å². The minimum Gasteiger partial charge on any atom is -0.508 e. The number of aromatic hydroxyl groups is 1. The maximum Gasteiger partial charge on any atom is 0.116 e. The molecule has 3 aromatic carbocycles. The molecule has 124 valence electrons. The number of phenolic OH excluding ortho intramolecular Hbond substituents is 1. The van der Waals surface area contributed by atoms with Crippen LogP contribution in [0.1, 0.15) is 30.1 Å². The summed E-state index contributed by atoms with van der Waals surface area (Å²) in [6.07, 6.45) is 1.78.